The predicted molar refractivity (Wildman–Crippen MR) is 79.8 cm³/mol. The summed E-state index contributed by atoms with van der Waals surface area (Å²) >= 11 is 8.94. The van der Waals surface area contributed by atoms with E-state index in [1.807, 2.05) is 13.0 Å². The van der Waals surface area contributed by atoms with Crippen molar-refractivity contribution in [2.24, 2.45) is 0 Å². The van der Waals surface area contributed by atoms with E-state index in [-0.39, 0.29) is 11.6 Å². The van der Waals surface area contributed by atoms with Crippen molar-refractivity contribution in [3.63, 3.8) is 0 Å². The highest BCUT2D eigenvalue weighted by atomic mass is 79.9. The summed E-state index contributed by atoms with van der Waals surface area (Å²) in [5.74, 6) is 1.03. The van der Waals surface area contributed by atoms with Crippen LogP contribution in [0, 0.1) is 12.7 Å². The predicted octanol–water partition coefficient (Wildman–Crippen LogP) is 3.96. The average molecular weight is 361 g/mol. The summed E-state index contributed by atoms with van der Waals surface area (Å²) in [6.45, 7) is 2.00. The smallest absolute Gasteiger partial charge is 0.168 e. The fourth-order valence-electron chi connectivity index (χ4n) is 1.58. The molecule has 0 saturated carbocycles. The average Bonchev–Trinajstić information content (AvgIpc) is 2.40. The van der Waals surface area contributed by atoms with E-state index in [1.165, 1.54) is 12.1 Å². The first-order valence-electron chi connectivity index (χ1n) is 5.79. The molecule has 1 aromatic carbocycles. The first-order chi connectivity index (χ1) is 9.49. The minimum Gasteiger partial charge on any atom is -0.484 e. The Kier molecular flexibility index (Phi) is 4.77. The minimum atomic E-state index is -0.536. The molecule has 1 aromatic heterocycles. The molecule has 1 heterocycles. The molecule has 0 atom stereocenters. The highest BCUT2D eigenvalue weighted by Gasteiger charge is 2.09. The van der Waals surface area contributed by atoms with Gasteiger partial charge < -0.3 is 10.1 Å². The van der Waals surface area contributed by atoms with E-state index in [9.17, 15) is 4.39 Å². The maximum Gasteiger partial charge on any atom is 0.168 e. The Labute approximate surface area is 129 Å². The van der Waals surface area contributed by atoms with Crippen LogP contribution in [0.15, 0.2) is 22.7 Å². The van der Waals surface area contributed by atoms with Crippen molar-refractivity contribution in [3.8, 4) is 5.75 Å². The minimum absolute atomic E-state index is 0.0356. The lowest BCUT2D eigenvalue weighted by molar-refractivity contribution is 0.292. The van der Waals surface area contributed by atoms with Crippen LogP contribution in [0.2, 0.25) is 5.02 Å². The number of aromatic nitrogens is 2. The van der Waals surface area contributed by atoms with Gasteiger partial charge in [0.15, 0.2) is 5.82 Å². The van der Waals surface area contributed by atoms with Gasteiger partial charge in [-0.3, -0.25) is 0 Å². The Morgan fingerprint density at radius 3 is 2.80 bits per heavy atom. The number of rotatable bonds is 4. The lowest BCUT2D eigenvalue weighted by atomic mass is 10.3. The van der Waals surface area contributed by atoms with Gasteiger partial charge in [-0.15, -0.1) is 0 Å². The topological polar surface area (TPSA) is 47.0 Å². The molecule has 0 saturated heterocycles. The van der Waals surface area contributed by atoms with Crippen molar-refractivity contribution in [2.75, 3.05) is 12.4 Å². The molecule has 1 N–H and O–H groups in total. The Morgan fingerprint density at radius 1 is 1.35 bits per heavy atom. The quantitative estimate of drug-likeness (QED) is 0.838. The van der Waals surface area contributed by atoms with Gasteiger partial charge in [0.1, 0.15) is 24.0 Å². The second-order valence-electron chi connectivity index (χ2n) is 4.05. The van der Waals surface area contributed by atoms with Gasteiger partial charge in [-0.25, -0.2) is 14.4 Å². The van der Waals surface area contributed by atoms with E-state index in [2.05, 4.69) is 31.2 Å². The second-order valence-corrected chi connectivity index (χ2v) is 5.31. The maximum atomic E-state index is 13.4. The van der Waals surface area contributed by atoms with Crippen LogP contribution in [0.25, 0.3) is 0 Å². The third kappa shape index (κ3) is 3.58. The first-order valence-corrected chi connectivity index (χ1v) is 6.96. The SMILES string of the molecule is CNc1cc(C)nc(COc2cc(F)c(Cl)cc2Br)n1. The van der Waals surface area contributed by atoms with Crippen molar-refractivity contribution in [1.29, 1.82) is 0 Å². The second kappa shape index (κ2) is 6.37. The van der Waals surface area contributed by atoms with E-state index in [4.69, 9.17) is 16.3 Å². The molecule has 0 aliphatic rings. The van der Waals surface area contributed by atoms with Gasteiger partial charge >= 0.3 is 0 Å². The molecular weight excluding hydrogens is 349 g/mol. The lowest BCUT2D eigenvalue weighted by Crippen LogP contribution is -2.05. The highest BCUT2D eigenvalue weighted by molar-refractivity contribution is 9.10. The highest BCUT2D eigenvalue weighted by Crippen LogP contribution is 2.30. The van der Waals surface area contributed by atoms with E-state index < -0.39 is 5.82 Å². The molecule has 2 rings (SSSR count). The number of benzene rings is 1. The van der Waals surface area contributed by atoms with Gasteiger partial charge in [-0.1, -0.05) is 11.6 Å². The molecule has 0 radical (unpaired) electrons. The Morgan fingerprint density at radius 2 is 2.10 bits per heavy atom. The summed E-state index contributed by atoms with van der Waals surface area (Å²) in [5, 5.41) is 2.98. The number of aryl methyl sites for hydroxylation is 1. The molecule has 2 aromatic rings. The Bertz CT molecular complexity index is 639. The van der Waals surface area contributed by atoms with Crippen molar-refractivity contribution in [1.82, 2.24) is 9.97 Å². The van der Waals surface area contributed by atoms with Gasteiger partial charge in [0.05, 0.1) is 9.50 Å². The van der Waals surface area contributed by atoms with E-state index in [1.54, 1.807) is 7.05 Å². The van der Waals surface area contributed by atoms with Gasteiger partial charge in [0.25, 0.3) is 0 Å². The molecule has 4 nitrogen and oxygen atoms in total. The van der Waals surface area contributed by atoms with Crippen molar-refractivity contribution in [3.05, 3.63) is 45.0 Å². The number of hydrogen-bond donors (Lipinski definition) is 1. The third-order valence-corrected chi connectivity index (χ3v) is 3.40. The summed E-state index contributed by atoms with van der Waals surface area (Å²) in [7, 11) is 1.78. The molecule has 0 fully saturated rings. The monoisotopic (exact) mass is 359 g/mol. The molecule has 20 heavy (non-hydrogen) atoms. The number of ether oxygens (including phenoxy) is 1. The summed E-state index contributed by atoms with van der Waals surface area (Å²) < 4.78 is 19.5. The molecule has 7 heteroatoms. The van der Waals surface area contributed by atoms with Crippen LogP contribution in [-0.2, 0) is 6.61 Å². The number of anilines is 1. The van der Waals surface area contributed by atoms with Crippen LogP contribution in [0.5, 0.6) is 5.75 Å². The molecule has 0 bridgehead atoms. The fourth-order valence-corrected chi connectivity index (χ4v) is 2.33. The zero-order valence-corrected chi connectivity index (χ0v) is 13.2. The molecule has 0 unspecified atom stereocenters. The van der Waals surface area contributed by atoms with Crippen molar-refractivity contribution < 1.29 is 9.13 Å². The van der Waals surface area contributed by atoms with Crippen LogP contribution in [0.4, 0.5) is 10.2 Å². The van der Waals surface area contributed by atoms with Crippen LogP contribution in [-0.4, -0.2) is 17.0 Å². The summed E-state index contributed by atoms with van der Waals surface area (Å²) in [6.07, 6.45) is 0. The molecule has 0 spiro atoms. The number of hydrogen-bond acceptors (Lipinski definition) is 4. The maximum absolute atomic E-state index is 13.4. The summed E-state index contributed by atoms with van der Waals surface area (Å²) in [6, 6.07) is 4.49. The zero-order chi connectivity index (χ0) is 14.7. The Hall–Kier alpha value is -1.40. The third-order valence-electron chi connectivity index (χ3n) is 2.49. The summed E-state index contributed by atoms with van der Waals surface area (Å²) in [5.41, 5.74) is 0.823. The van der Waals surface area contributed by atoms with Crippen molar-refractivity contribution in [2.45, 2.75) is 13.5 Å². The summed E-state index contributed by atoms with van der Waals surface area (Å²) in [4.78, 5) is 8.51. The van der Waals surface area contributed by atoms with Crippen LogP contribution in [0.1, 0.15) is 11.5 Å². The number of nitrogens with zero attached hydrogens (tertiary/aromatic N) is 2. The van der Waals surface area contributed by atoms with Gasteiger partial charge in [0.2, 0.25) is 0 Å². The van der Waals surface area contributed by atoms with E-state index in [0.717, 1.165) is 5.69 Å². The van der Waals surface area contributed by atoms with Crippen LogP contribution in [0.3, 0.4) is 0 Å². The molecular formula is C13H12BrClFN3O. The Balaban J connectivity index is 2.16. The lowest BCUT2D eigenvalue weighted by Gasteiger charge is -2.09. The largest absolute Gasteiger partial charge is 0.484 e. The molecule has 0 aliphatic heterocycles. The van der Waals surface area contributed by atoms with E-state index in [0.29, 0.717) is 21.9 Å². The van der Waals surface area contributed by atoms with Gasteiger partial charge in [0, 0.05) is 24.9 Å². The zero-order valence-electron chi connectivity index (χ0n) is 10.9. The number of nitrogens with one attached hydrogen (secondary N) is 1. The molecule has 0 amide bonds. The fraction of sp³-hybridized carbons (Fsp3) is 0.231. The van der Waals surface area contributed by atoms with Crippen LogP contribution >= 0.6 is 27.5 Å². The first kappa shape index (κ1) is 15.0. The molecule has 0 aliphatic carbocycles. The van der Waals surface area contributed by atoms with Crippen molar-refractivity contribution >= 4 is 33.3 Å². The van der Waals surface area contributed by atoms with Gasteiger partial charge in [-0.05, 0) is 28.9 Å². The number of halogens is 3. The normalized spacial score (nSPS) is 10.4. The van der Waals surface area contributed by atoms with Crippen LogP contribution < -0.4 is 10.1 Å². The standard InChI is InChI=1S/C13H12BrClFN3O/c1-7-3-12(17-2)19-13(18-7)6-20-11-5-10(16)9(15)4-8(11)14/h3-5H,6H2,1-2H3,(H,17,18,19). The van der Waals surface area contributed by atoms with Gasteiger partial charge in [-0.2, -0.15) is 0 Å². The molecule has 106 valence electrons. The van der Waals surface area contributed by atoms with E-state index >= 15 is 0 Å².